The summed E-state index contributed by atoms with van der Waals surface area (Å²) in [6.45, 7) is 0.914. The van der Waals surface area contributed by atoms with Gasteiger partial charge in [0.15, 0.2) is 0 Å². The lowest BCUT2D eigenvalue weighted by molar-refractivity contribution is -0.122. The summed E-state index contributed by atoms with van der Waals surface area (Å²) >= 11 is 0. The maximum absolute atomic E-state index is 11.7. The molecule has 2 heterocycles. The molecule has 0 fully saturated rings. The lowest BCUT2D eigenvalue weighted by Gasteiger charge is -2.13. The molecule has 6 heteroatoms. The summed E-state index contributed by atoms with van der Waals surface area (Å²) in [5.74, 6) is 0.835. The Balaban J connectivity index is 1.66. The van der Waals surface area contributed by atoms with Crippen LogP contribution in [0.4, 0.5) is 0 Å². The maximum atomic E-state index is 11.7. The molecule has 1 amide bonds. The molecule has 2 aromatic rings. The van der Waals surface area contributed by atoms with Crippen molar-refractivity contribution < 1.29 is 14.3 Å². The highest BCUT2D eigenvalue weighted by Crippen LogP contribution is 2.38. The number of para-hydroxylation sites is 1. The van der Waals surface area contributed by atoms with Crippen LogP contribution in [-0.2, 0) is 16.0 Å². The Morgan fingerprint density at radius 3 is 3.00 bits per heavy atom. The number of fused-ring (bicyclic) bond motifs is 1. The number of amides is 1. The van der Waals surface area contributed by atoms with Gasteiger partial charge in [-0.05, 0) is 5.56 Å². The average Bonchev–Trinajstić information content (AvgIpc) is 3.02. The highest BCUT2D eigenvalue weighted by molar-refractivity contribution is 5.76. The second-order valence-electron chi connectivity index (χ2n) is 5.41. The van der Waals surface area contributed by atoms with Crippen LogP contribution >= 0.6 is 0 Å². The van der Waals surface area contributed by atoms with Crippen molar-refractivity contribution in [1.29, 1.82) is 0 Å². The third-order valence-corrected chi connectivity index (χ3v) is 3.76. The monoisotopic (exact) mass is 313 g/mol. The number of methoxy groups -OCH3 is 1. The number of carbonyl (C=O) groups is 1. The van der Waals surface area contributed by atoms with Gasteiger partial charge in [-0.2, -0.15) is 0 Å². The summed E-state index contributed by atoms with van der Waals surface area (Å²) in [6, 6.07) is 6.05. The van der Waals surface area contributed by atoms with Gasteiger partial charge in [-0.1, -0.05) is 18.2 Å². The minimum absolute atomic E-state index is 0.0249. The van der Waals surface area contributed by atoms with Gasteiger partial charge >= 0.3 is 0 Å². The van der Waals surface area contributed by atoms with Crippen LogP contribution in [0.2, 0.25) is 0 Å². The zero-order valence-electron chi connectivity index (χ0n) is 13.0. The summed E-state index contributed by atoms with van der Waals surface area (Å²) < 4.78 is 10.9. The van der Waals surface area contributed by atoms with Crippen molar-refractivity contribution in [3.63, 3.8) is 0 Å². The van der Waals surface area contributed by atoms with E-state index in [1.165, 1.54) is 6.33 Å². The number of hydrogen-bond acceptors (Lipinski definition) is 5. The molecule has 1 N–H and O–H groups in total. The Morgan fingerprint density at radius 2 is 2.22 bits per heavy atom. The summed E-state index contributed by atoms with van der Waals surface area (Å²) in [5.41, 5.74) is 3.05. The predicted octanol–water partition coefficient (Wildman–Crippen LogP) is 1.60. The molecule has 0 aliphatic carbocycles. The first kappa shape index (κ1) is 15.4. The van der Waals surface area contributed by atoms with Crippen LogP contribution in [0.1, 0.15) is 12.0 Å². The van der Waals surface area contributed by atoms with E-state index in [1.54, 1.807) is 19.5 Å². The lowest BCUT2D eigenvalue weighted by Crippen LogP contribution is -2.34. The van der Waals surface area contributed by atoms with E-state index >= 15 is 0 Å². The molecular weight excluding hydrogens is 294 g/mol. The molecule has 6 nitrogen and oxygen atoms in total. The Hall–Kier alpha value is -2.47. The Kier molecular flexibility index (Phi) is 4.83. The van der Waals surface area contributed by atoms with Crippen molar-refractivity contribution in [2.75, 3.05) is 20.3 Å². The molecule has 1 atom stereocenters. The molecule has 120 valence electrons. The van der Waals surface area contributed by atoms with E-state index in [2.05, 4.69) is 21.4 Å². The standard InChI is InChI=1S/C17H19N3O3/c1-22-6-5-16(21)20-10-14-7-12-3-2-4-15(17(12)23-14)13-8-18-11-19-9-13/h2-4,8-9,11,14H,5-7,10H2,1H3,(H,20,21)/t14-/m1/s1. The van der Waals surface area contributed by atoms with Crippen LogP contribution in [0.25, 0.3) is 11.1 Å². The molecule has 0 spiro atoms. The van der Waals surface area contributed by atoms with E-state index in [9.17, 15) is 4.79 Å². The van der Waals surface area contributed by atoms with Gasteiger partial charge in [0.1, 0.15) is 18.2 Å². The van der Waals surface area contributed by atoms with Gasteiger partial charge in [-0.15, -0.1) is 0 Å². The van der Waals surface area contributed by atoms with E-state index in [4.69, 9.17) is 9.47 Å². The van der Waals surface area contributed by atoms with Crippen molar-refractivity contribution in [3.8, 4) is 16.9 Å². The van der Waals surface area contributed by atoms with Crippen LogP contribution < -0.4 is 10.1 Å². The summed E-state index contributed by atoms with van der Waals surface area (Å²) in [5, 5.41) is 2.88. The van der Waals surface area contributed by atoms with Gasteiger partial charge in [0.25, 0.3) is 0 Å². The molecule has 1 aromatic carbocycles. The fourth-order valence-corrected chi connectivity index (χ4v) is 2.63. The lowest BCUT2D eigenvalue weighted by atomic mass is 10.0. The van der Waals surface area contributed by atoms with Gasteiger partial charge in [-0.3, -0.25) is 4.79 Å². The predicted molar refractivity (Wildman–Crippen MR) is 85.1 cm³/mol. The van der Waals surface area contributed by atoms with Gasteiger partial charge in [0.2, 0.25) is 5.91 Å². The van der Waals surface area contributed by atoms with Crippen LogP contribution in [-0.4, -0.2) is 42.2 Å². The molecule has 1 aromatic heterocycles. The maximum Gasteiger partial charge on any atom is 0.222 e. The highest BCUT2D eigenvalue weighted by Gasteiger charge is 2.26. The first-order valence-electron chi connectivity index (χ1n) is 7.57. The van der Waals surface area contributed by atoms with Gasteiger partial charge in [0.05, 0.1) is 13.2 Å². The van der Waals surface area contributed by atoms with Crippen LogP contribution in [0, 0.1) is 0 Å². The minimum Gasteiger partial charge on any atom is -0.487 e. The largest absolute Gasteiger partial charge is 0.487 e. The topological polar surface area (TPSA) is 73.3 Å². The van der Waals surface area contributed by atoms with Gasteiger partial charge in [0, 0.05) is 43.5 Å². The second kappa shape index (κ2) is 7.19. The van der Waals surface area contributed by atoms with E-state index in [0.717, 1.165) is 28.9 Å². The Morgan fingerprint density at radius 1 is 1.39 bits per heavy atom. The molecule has 23 heavy (non-hydrogen) atoms. The molecule has 1 aliphatic heterocycles. The van der Waals surface area contributed by atoms with Crippen molar-refractivity contribution in [3.05, 3.63) is 42.5 Å². The van der Waals surface area contributed by atoms with E-state index < -0.39 is 0 Å². The Bertz CT molecular complexity index is 676. The molecule has 0 unspecified atom stereocenters. The van der Waals surface area contributed by atoms with Crippen LogP contribution in [0.5, 0.6) is 5.75 Å². The average molecular weight is 313 g/mol. The van der Waals surface area contributed by atoms with Gasteiger partial charge < -0.3 is 14.8 Å². The zero-order chi connectivity index (χ0) is 16.1. The number of hydrogen-bond donors (Lipinski definition) is 1. The first-order chi connectivity index (χ1) is 11.3. The molecular formula is C17H19N3O3. The van der Waals surface area contributed by atoms with Crippen molar-refractivity contribution in [1.82, 2.24) is 15.3 Å². The molecule has 0 saturated carbocycles. The van der Waals surface area contributed by atoms with Crippen molar-refractivity contribution in [2.45, 2.75) is 18.9 Å². The third kappa shape index (κ3) is 3.65. The van der Waals surface area contributed by atoms with E-state index in [-0.39, 0.29) is 12.0 Å². The number of nitrogens with zero attached hydrogens (tertiary/aromatic N) is 2. The van der Waals surface area contributed by atoms with Crippen LogP contribution in [0.15, 0.2) is 36.9 Å². The first-order valence-corrected chi connectivity index (χ1v) is 7.57. The van der Waals surface area contributed by atoms with Crippen LogP contribution in [0.3, 0.4) is 0 Å². The molecule has 0 bridgehead atoms. The third-order valence-electron chi connectivity index (χ3n) is 3.76. The van der Waals surface area contributed by atoms with E-state index in [0.29, 0.717) is 19.6 Å². The number of nitrogens with one attached hydrogen (secondary N) is 1. The summed E-state index contributed by atoms with van der Waals surface area (Å²) in [4.78, 5) is 19.8. The van der Waals surface area contributed by atoms with Crippen molar-refractivity contribution >= 4 is 5.91 Å². The fourth-order valence-electron chi connectivity index (χ4n) is 2.63. The number of aromatic nitrogens is 2. The number of carbonyl (C=O) groups excluding carboxylic acids is 1. The highest BCUT2D eigenvalue weighted by atomic mass is 16.5. The second-order valence-corrected chi connectivity index (χ2v) is 5.41. The minimum atomic E-state index is -0.0534. The fraction of sp³-hybridized carbons (Fsp3) is 0.353. The Labute approximate surface area is 134 Å². The number of benzene rings is 1. The molecule has 0 saturated heterocycles. The SMILES string of the molecule is COCCC(=O)NC[C@H]1Cc2cccc(-c3cncnc3)c2O1. The number of rotatable bonds is 6. The molecule has 3 rings (SSSR count). The smallest absolute Gasteiger partial charge is 0.222 e. The van der Waals surface area contributed by atoms with Gasteiger partial charge in [-0.25, -0.2) is 9.97 Å². The number of ether oxygens (including phenoxy) is 2. The molecule has 0 radical (unpaired) electrons. The summed E-state index contributed by atoms with van der Waals surface area (Å²) in [7, 11) is 1.58. The van der Waals surface area contributed by atoms with E-state index in [1.807, 2.05) is 12.1 Å². The normalized spacial score (nSPS) is 15.8. The zero-order valence-corrected chi connectivity index (χ0v) is 13.0. The molecule has 1 aliphatic rings. The van der Waals surface area contributed by atoms with Crippen molar-refractivity contribution in [2.24, 2.45) is 0 Å². The quantitative estimate of drug-likeness (QED) is 0.877. The summed E-state index contributed by atoms with van der Waals surface area (Å²) in [6.07, 6.45) is 6.13.